The van der Waals surface area contributed by atoms with E-state index < -0.39 is 6.23 Å². The summed E-state index contributed by atoms with van der Waals surface area (Å²) in [5.41, 5.74) is 4.10. The fraction of sp³-hybridized carbons (Fsp3) is 0.550. The molecule has 7 heteroatoms. The van der Waals surface area contributed by atoms with Crippen molar-refractivity contribution in [1.82, 2.24) is 25.0 Å². The highest BCUT2D eigenvalue weighted by Gasteiger charge is 2.31. The Kier molecular flexibility index (Phi) is 5.62. The summed E-state index contributed by atoms with van der Waals surface area (Å²) in [6.45, 7) is 7.54. The summed E-state index contributed by atoms with van der Waals surface area (Å²) < 4.78 is 0. The van der Waals surface area contributed by atoms with Crippen molar-refractivity contribution in [3.05, 3.63) is 46.5 Å². The number of likely N-dealkylation sites (tertiary alicyclic amines) is 1. The fourth-order valence-electron chi connectivity index (χ4n) is 3.51. The van der Waals surface area contributed by atoms with Crippen molar-refractivity contribution in [3.63, 3.8) is 0 Å². The standard InChI is InChI=1S/C20H29N5O2/c1-12(2)16-10-18(23-22-16)20(27)25-7-6-14(11-25)17-9-15(8-13(3)21-17)19(26)24(4)5/h8-10,12,14,20,27H,6-7,11H2,1-5H3,(H,22,23). The van der Waals surface area contributed by atoms with Crippen molar-refractivity contribution in [1.29, 1.82) is 0 Å². The van der Waals surface area contributed by atoms with Crippen LogP contribution in [0.2, 0.25) is 0 Å². The van der Waals surface area contributed by atoms with E-state index in [1.54, 1.807) is 19.0 Å². The molecule has 27 heavy (non-hydrogen) atoms. The van der Waals surface area contributed by atoms with E-state index in [-0.39, 0.29) is 11.8 Å². The number of aromatic nitrogens is 3. The molecule has 2 atom stereocenters. The summed E-state index contributed by atoms with van der Waals surface area (Å²) in [5, 5.41) is 18.0. The molecular formula is C20H29N5O2. The second-order valence-electron chi connectivity index (χ2n) is 7.88. The first-order valence-corrected chi connectivity index (χ1v) is 9.43. The molecule has 1 aliphatic rings. The lowest BCUT2D eigenvalue weighted by Gasteiger charge is -2.22. The molecule has 2 aromatic rings. The van der Waals surface area contributed by atoms with Crippen LogP contribution in [0.25, 0.3) is 0 Å². The molecule has 1 aliphatic heterocycles. The van der Waals surface area contributed by atoms with E-state index in [0.29, 0.717) is 18.0 Å². The number of aliphatic hydroxyl groups is 1. The number of nitrogens with one attached hydrogen (secondary N) is 1. The van der Waals surface area contributed by atoms with E-state index in [2.05, 4.69) is 29.0 Å². The van der Waals surface area contributed by atoms with Crippen molar-refractivity contribution in [2.24, 2.45) is 0 Å². The molecule has 2 unspecified atom stereocenters. The Morgan fingerprint density at radius 1 is 1.33 bits per heavy atom. The van der Waals surface area contributed by atoms with Gasteiger partial charge in [0.1, 0.15) is 6.23 Å². The average Bonchev–Trinajstić information content (AvgIpc) is 3.29. The maximum atomic E-state index is 12.3. The number of H-pyrrole nitrogens is 1. The van der Waals surface area contributed by atoms with Gasteiger partial charge in [0.15, 0.2) is 0 Å². The van der Waals surface area contributed by atoms with Gasteiger partial charge in [-0.15, -0.1) is 0 Å². The lowest BCUT2D eigenvalue weighted by molar-refractivity contribution is 0.0145. The molecule has 0 aromatic carbocycles. The Morgan fingerprint density at radius 2 is 2.07 bits per heavy atom. The SMILES string of the molecule is Cc1cc(C(=O)N(C)C)cc(C2CCN(C(O)c3cc(C(C)C)n[nH]3)C2)n1. The third-order valence-corrected chi connectivity index (χ3v) is 5.10. The topological polar surface area (TPSA) is 85.4 Å². The molecule has 0 aliphatic carbocycles. The zero-order valence-corrected chi connectivity index (χ0v) is 16.7. The van der Waals surface area contributed by atoms with Crippen molar-refractivity contribution in [2.75, 3.05) is 27.2 Å². The smallest absolute Gasteiger partial charge is 0.253 e. The van der Waals surface area contributed by atoms with Crippen LogP contribution in [0.5, 0.6) is 0 Å². The summed E-state index contributed by atoms with van der Waals surface area (Å²) >= 11 is 0. The van der Waals surface area contributed by atoms with Crippen LogP contribution in [0.4, 0.5) is 0 Å². The van der Waals surface area contributed by atoms with Gasteiger partial charge in [0.05, 0.1) is 11.4 Å². The Bertz CT molecular complexity index is 814. The number of carbonyl (C=O) groups excluding carboxylic acids is 1. The summed E-state index contributed by atoms with van der Waals surface area (Å²) in [6.07, 6.45) is 0.191. The zero-order chi connectivity index (χ0) is 19.7. The van der Waals surface area contributed by atoms with E-state index in [9.17, 15) is 9.90 Å². The fourth-order valence-corrected chi connectivity index (χ4v) is 3.51. The van der Waals surface area contributed by atoms with Gasteiger partial charge < -0.3 is 10.0 Å². The van der Waals surface area contributed by atoms with Gasteiger partial charge in [-0.25, -0.2) is 0 Å². The van der Waals surface area contributed by atoms with Gasteiger partial charge >= 0.3 is 0 Å². The van der Waals surface area contributed by atoms with Crippen LogP contribution in [0, 0.1) is 6.92 Å². The number of aryl methyl sites for hydroxylation is 1. The molecule has 3 rings (SSSR count). The number of pyridine rings is 1. The van der Waals surface area contributed by atoms with Gasteiger partial charge in [0.25, 0.3) is 5.91 Å². The third-order valence-electron chi connectivity index (χ3n) is 5.10. The van der Waals surface area contributed by atoms with Gasteiger partial charge in [-0.3, -0.25) is 19.8 Å². The van der Waals surface area contributed by atoms with Crippen LogP contribution < -0.4 is 0 Å². The first-order valence-electron chi connectivity index (χ1n) is 9.43. The number of carbonyl (C=O) groups is 1. The third kappa shape index (κ3) is 4.20. The number of aliphatic hydroxyl groups excluding tert-OH is 1. The normalized spacial score (nSPS) is 18.9. The van der Waals surface area contributed by atoms with Crippen molar-refractivity contribution in [3.8, 4) is 0 Å². The lowest BCUT2D eigenvalue weighted by atomic mass is 10.0. The summed E-state index contributed by atoms with van der Waals surface area (Å²) in [7, 11) is 3.50. The minimum atomic E-state index is -0.706. The molecule has 1 amide bonds. The molecule has 0 spiro atoms. The summed E-state index contributed by atoms with van der Waals surface area (Å²) in [6, 6.07) is 5.65. The number of amides is 1. The van der Waals surface area contributed by atoms with Crippen LogP contribution in [0.1, 0.15) is 71.5 Å². The Labute approximate surface area is 160 Å². The number of rotatable bonds is 5. The molecule has 1 saturated heterocycles. The summed E-state index contributed by atoms with van der Waals surface area (Å²) in [5.74, 6) is 0.494. The van der Waals surface area contributed by atoms with Crippen LogP contribution in [-0.2, 0) is 0 Å². The lowest BCUT2D eigenvalue weighted by Crippen LogP contribution is -2.26. The largest absolute Gasteiger partial charge is 0.372 e. The maximum absolute atomic E-state index is 12.3. The molecule has 0 saturated carbocycles. The first-order chi connectivity index (χ1) is 12.8. The predicted octanol–water partition coefficient (Wildman–Crippen LogP) is 2.42. The molecule has 0 bridgehead atoms. The average molecular weight is 371 g/mol. The molecule has 0 radical (unpaired) electrons. The highest BCUT2D eigenvalue weighted by atomic mass is 16.3. The second-order valence-corrected chi connectivity index (χ2v) is 7.88. The van der Waals surface area contributed by atoms with Crippen molar-refractivity contribution in [2.45, 2.75) is 45.3 Å². The molecule has 2 N–H and O–H groups in total. The predicted molar refractivity (Wildman–Crippen MR) is 104 cm³/mol. The monoisotopic (exact) mass is 371 g/mol. The molecule has 2 aromatic heterocycles. The zero-order valence-electron chi connectivity index (χ0n) is 16.7. The van der Waals surface area contributed by atoms with E-state index in [1.165, 1.54) is 0 Å². The second kappa shape index (κ2) is 7.78. The number of nitrogens with zero attached hydrogens (tertiary/aromatic N) is 4. The van der Waals surface area contributed by atoms with Crippen LogP contribution in [-0.4, -0.2) is 63.2 Å². The Hall–Kier alpha value is -2.25. The van der Waals surface area contributed by atoms with E-state index in [0.717, 1.165) is 35.7 Å². The molecule has 7 nitrogen and oxygen atoms in total. The highest BCUT2D eigenvalue weighted by molar-refractivity contribution is 5.94. The van der Waals surface area contributed by atoms with Gasteiger partial charge in [-0.2, -0.15) is 5.10 Å². The minimum absolute atomic E-state index is 0.0182. The number of hydrogen-bond donors (Lipinski definition) is 2. The first kappa shape index (κ1) is 19.5. The maximum Gasteiger partial charge on any atom is 0.253 e. The Morgan fingerprint density at radius 3 is 2.70 bits per heavy atom. The summed E-state index contributed by atoms with van der Waals surface area (Å²) in [4.78, 5) is 20.6. The van der Waals surface area contributed by atoms with Gasteiger partial charge in [-0.05, 0) is 37.5 Å². The van der Waals surface area contributed by atoms with E-state index >= 15 is 0 Å². The van der Waals surface area contributed by atoms with Crippen molar-refractivity contribution >= 4 is 5.91 Å². The van der Waals surface area contributed by atoms with Crippen molar-refractivity contribution < 1.29 is 9.90 Å². The Balaban J connectivity index is 1.74. The van der Waals surface area contributed by atoms with E-state index in [4.69, 9.17) is 0 Å². The van der Waals surface area contributed by atoms with Gasteiger partial charge in [0, 0.05) is 50.1 Å². The van der Waals surface area contributed by atoms with Gasteiger partial charge in [0.2, 0.25) is 0 Å². The molecule has 146 valence electrons. The number of aromatic amines is 1. The molecule has 3 heterocycles. The highest BCUT2D eigenvalue weighted by Crippen LogP contribution is 2.32. The molecular weight excluding hydrogens is 342 g/mol. The molecule has 1 fully saturated rings. The van der Waals surface area contributed by atoms with E-state index in [1.807, 2.05) is 30.0 Å². The minimum Gasteiger partial charge on any atom is -0.372 e. The van der Waals surface area contributed by atoms with Crippen LogP contribution in [0.3, 0.4) is 0 Å². The van der Waals surface area contributed by atoms with Crippen LogP contribution >= 0.6 is 0 Å². The van der Waals surface area contributed by atoms with Crippen LogP contribution in [0.15, 0.2) is 18.2 Å². The number of hydrogen-bond acceptors (Lipinski definition) is 5. The quantitative estimate of drug-likeness (QED) is 0.843. The van der Waals surface area contributed by atoms with Gasteiger partial charge in [-0.1, -0.05) is 13.8 Å².